The summed E-state index contributed by atoms with van der Waals surface area (Å²) >= 11 is 0. The fourth-order valence-corrected chi connectivity index (χ4v) is 1.84. The van der Waals surface area contributed by atoms with Gasteiger partial charge >= 0.3 is 0 Å². The molecule has 6 nitrogen and oxygen atoms in total. The number of nitrogens with zero attached hydrogens (tertiary/aromatic N) is 3. The quantitative estimate of drug-likeness (QED) is 0.730. The summed E-state index contributed by atoms with van der Waals surface area (Å²) in [6.07, 6.45) is 1.54. The highest BCUT2D eigenvalue weighted by Gasteiger charge is 2.10. The molecule has 6 heteroatoms. The van der Waals surface area contributed by atoms with Crippen LogP contribution >= 0.6 is 0 Å². The third-order valence-electron chi connectivity index (χ3n) is 2.75. The SMILES string of the molecule is Cc1cc2c(NC(=O)c3ccn[nH]3)cccc2nn1. The van der Waals surface area contributed by atoms with E-state index in [0.29, 0.717) is 11.4 Å². The Hall–Kier alpha value is -2.76. The predicted molar refractivity (Wildman–Crippen MR) is 70.8 cm³/mol. The Morgan fingerprint density at radius 1 is 1.26 bits per heavy atom. The van der Waals surface area contributed by atoms with Gasteiger partial charge in [0.25, 0.3) is 5.91 Å². The maximum Gasteiger partial charge on any atom is 0.273 e. The molecular formula is C13H11N5O. The lowest BCUT2D eigenvalue weighted by Gasteiger charge is -2.07. The number of aromatic amines is 1. The zero-order valence-electron chi connectivity index (χ0n) is 10.2. The number of amides is 1. The Balaban J connectivity index is 2.01. The molecule has 0 aliphatic rings. The molecule has 3 rings (SSSR count). The molecule has 1 amide bonds. The molecule has 94 valence electrons. The number of carbonyl (C=O) groups excluding carboxylic acids is 1. The molecule has 0 aliphatic carbocycles. The van der Waals surface area contributed by atoms with Gasteiger partial charge in [0.1, 0.15) is 5.69 Å². The van der Waals surface area contributed by atoms with Gasteiger partial charge in [0, 0.05) is 11.6 Å². The molecule has 0 fully saturated rings. The summed E-state index contributed by atoms with van der Waals surface area (Å²) in [5, 5.41) is 18.2. The number of aromatic nitrogens is 4. The second kappa shape index (κ2) is 4.49. The lowest BCUT2D eigenvalue weighted by atomic mass is 10.1. The van der Waals surface area contributed by atoms with Crippen LogP contribution in [0, 0.1) is 6.92 Å². The van der Waals surface area contributed by atoms with Crippen molar-refractivity contribution in [3.8, 4) is 0 Å². The summed E-state index contributed by atoms with van der Waals surface area (Å²) in [6, 6.07) is 9.02. The molecule has 0 unspecified atom stereocenters. The summed E-state index contributed by atoms with van der Waals surface area (Å²) in [5.41, 5.74) is 2.66. The van der Waals surface area contributed by atoms with E-state index in [2.05, 4.69) is 25.7 Å². The first kappa shape index (κ1) is 11.3. The van der Waals surface area contributed by atoms with Crippen LogP contribution in [0.25, 0.3) is 10.9 Å². The van der Waals surface area contributed by atoms with Gasteiger partial charge in [-0.05, 0) is 31.2 Å². The summed E-state index contributed by atoms with van der Waals surface area (Å²) < 4.78 is 0. The van der Waals surface area contributed by atoms with E-state index in [9.17, 15) is 4.79 Å². The van der Waals surface area contributed by atoms with E-state index in [1.807, 2.05) is 31.2 Å². The number of fused-ring (bicyclic) bond motifs is 1. The van der Waals surface area contributed by atoms with Gasteiger partial charge in [0.05, 0.1) is 16.9 Å². The average Bonchev–Trinajstić information content (AvgIpc) is 2.93. The number of aryl methyl sites for hydroxylation is 1. The zero-order chi connectivity index (χ0) is 13.2. The Bertz CT molecular complexity index is 736. The number of benzene rings is 1. The summed E-state index contributed by atoms with van der Waals surface area (Å²) in [4.78, 5) is 12.0. The molecular weight excluding hydrogens is 242 g/mol. The van der Waals surface area contributed by atoms with Crippen molar-refractivity contribution in [2.75, 3.05) is 5.32 Å². The van der Waals surface area contributed by atoms with Crippen molar-refractivity contribution in [2.24, 2.45) is 0 Å². The van der Waals surface area contributed by atoms with E-state index in [4.69, 9.17) is 0 Å². The van der Waals surface area contributed by atoms with E-state index >= 15 is 0 Å². The van der Waals surface area contributed by atoms with Crippen LogP contribution < -0.4 is 5.32 Å². The molecule has 0 aliphatic heterocycles. The molecule has 0 saturated heterocycles. The molecule has 0 saturated carbocycles. The molecule has 19 heavy (non-hydrogen) atoms. The van der Waals surface area contributed by atoms with E-state index < -0.39 is 0 Å². The number of carbonyl (C=O) groups is 1. The maximum atomic E-state index is 12.0. The lowest BCUT2D eigenvalue weighted by molar-refractivity contribution is 0.102. The van der Waals surface area contributed by atoms with Crippen molar-refractivity contribution in [3.63, 3.8) is 0 Å². The lowest BCUT2D eigenvalue weighted by Crippen LogP contribution is -2.12. The topological polar surface area (TPSA) is 83.6 Å². The Morgan fingerprint density at radius 2 is 2.16 bits per heavy atom. The van der Waals surface area contributed by atoms with Gasteiger partial charge in [-0.1, -0.05) is 6.07 Å². The van der Waals surface area contributed by atoms with Crippen molar-refractivity contribution in [3.05, 3.63) is 47.9 Å². The summed E-state index contributed by atoms with van der Waals surface area (Å²) in [7, 11) is 0. The van der Waals surface area contributed by atoms with Gasteiger partial charge in [-0.25, -0.2) is 0 Å². The van der Waals surface area contributed by atoms with Gasteiger partial charge in [-0.2, -0.15) is 15.3 Å². The molecule has 2 heterocycles. The monoisotopic (exact) mass is 253 g/mol. The van der Waals surface area contributed by atoms with Gasteiger partial charge in [-0.15, -0.1) is 0 Å². The maximum absolute atomic E-state index is 12.0. The molecule has 2 N–H and O–H groups in total. The third kappa shape index (κ3) is 2.15. The first-order valence-corrected chi connectivity index (χ1v) is 5.78. The largest absolute Gasteiger partial charge is 0.320 e. The van der Waals surface area contributed by atoms with Crippen molar-refractivity contribution < 1.29 is 4.79 Å². The number of H-pyrrole nitrogens is 1. The number of hydrogen-bond donors (Lipinski definition) is 2. The Labute approximate surface area is 108 Å². The van der Waals surface area contributed by atoms with E-state index in [-0.39, 0.29) is 5.91 Å². The number of rotatable bonds is 2. The first-order valence-electron chi connectivity index (χ1n) is 5.78. The molecule has 2 aromatic heterocycles. The Kier molecular flexibility index (Phi) is 2.68. The van der Waals surface area contributed by atoms with Gasteiger partial charge in [0.2, 0.25) is 0 Å². The third-order valence-corrected chi connectivity index (χ3v) is 2.75. The fraction of sp³-hybridized carbons (Fsp3) is 0.0769. The van der Waals surface area contributed by atoms with Crippen LogP contribution in [0.3, 0.4) is 0 Å². The standard InChI is InChI=1S/C13H11N5O/c1-8-7-9-10(3-2-4-11(9)18-16-8)15-13(19)12-5-6-14-17-12/h2-7H,1H3,(H,14,17)(H,15,19). The minimum Gasteiger partial charge on any atom is -0.320 e. The molecule has 0 atom stereocenters. The Morgan fingerprint density at radius 3 is 2.95 bits per heavy atom. The molecule has 3 aromatic rings. The number of anilines is 1. The van der Waals surface area contributed by atoms with Gasteiger partial charge in [-0.3, -0.25) is 9.89 Å². The molecule has 0 spiro atoms. The van der Waals surface area contributed by atoms with E-state index in [0.717, 1.165) is 16.6 Å². The summed E-state index contributed by atoms with van der Waals surface area (Å²) in [5.74, 6) is -0.237. The highest BCUT2D eigenvalue weighted by Crippen LogP contribution is 2.22. The van der Waals surface area contributed by atoms with Crippen LogP contribution in [0.1, 0.15) is 16.2 Å². The van der Waals surface area contributed by atoms with E-state index in [1.165, 1.54) is 6.20 Å². The van der Waals surface area contributed by atoms with Crippen LogP contribution in [-0.2, 0) is 0 Å². The van der Waals surface area contributed by atoms with E-state index in [1.54, 1.807) is 6.07 Å². The molecule has 0 radical (unpaired) electrons. The molecule has 1 aromatic carbocycles. The first-order chi connectivity index (χ1) is 9.24. The summed E-state index contributed by atoms with van der Waals surface area (Å²) in [6.45, 7) is 1.86. The van der Waals surface area contributed by atoms with Crippen LogP contribution in [0.5, 0.6) is 0 Å². The normalized spacial score (nSPS) is 10.6. The number of nitrogens with one attached hydrogen (secondary N) is 2. The average molecular weight is 253 g/mol. The molecule has 0 bridgehead atoms. The van der Waals surface area contributed by atoms with Crippen molar-refractivity contribution in [1.82, 2.24) is 20.4 Å². The number of hydrogen-bond acceptors (Lipinski definition) is 4. The smallest absolute Gasteiger partial charge is 0.273 e. The van der Waals surface area contributed by atoms with Crippen LogP contribution in [0.4, 0.5) is 5.69 Å². The van der Waals surface area contributed by atoms with Gasteiger partial charge < -0.3 is 5.32 Å². The van der Waals surface area contributed by atoms with Gasteiger partial charge in [0.15, 0.2) is 0 Å². The van der Waals surface area contributed by atoms with Crippen molar-refractivity contribution in [2.45, 2.75) is 6.92 Å². The minimum absolute atomic E-state index is 0.237. The highest BCUT2D eigenvalue weighted by atomic mass is 16.1. The van der Waals surface area contributed by atoms with Crippen LogP contribution in [0.15, 0.2) is 36.5 Å². The second-order valence-electron chi connectivity index (χ2n) is 4.15. The van der Waals surface area contributed by atoms with Crippen molar-refractivity contribution >= 4 is 22.5 Å². The second-order valence-corrected chi connectivity index (χ2v) is 4.15. The van der Waals surface area contributed by atoms with Crippen molar-refractivity contribution in [1.29, 1.82) is 0 Å². The predicted octanol–water partition coefficient (Wildman–Crippen LogP) is 1.91. The van der Waals surface area contributed by atoms with Crippen LogP contribution in [0.2, 0.25) is 0 Å². The fourth-order valence-electron chi connectivity index (χ4n) is 1.84. The highest BCUT2D eigenvalue weighted by molar-refractivity contribution is 6.07. The zero-order valence-corrected chi connectivity index (χ0v) is 10.2. The van der Waals surface area contributed by atoms with Crippen LogP contribution in [-0.4, -0.2) is 26.3 Å². The minimum atomic E-state index is -0.237.